The van der Waals surface area contributed by atoms with Gasteiger partial charge in [-0.15, -0.1) is 0 Å². The van der Waals surface area contributed by atoms with Crippen molar-refractivity contribution in [3.63, 3.8) is 0 Å². The molecule has 1 fully saturated rings. The van der Waals surface area contributed by atoms with Crippen molar-refractivity contribution >= 4 is 5.97 Å². The molecule has 2 heterocycles. The van der Waals surface area contributed by atoms with Crippen molar-refractivity contribution < 1.29 is 18.7 Å². The van der Waals surface area contributed by atoms with Crippen LogP contribution in [0.25, 0.3) is 0 Å². The van der Waals surface area contributed by atoms with Crippen LogP contribution in [-0.4, -0.2) is 46.3 Å². The first kappa shape index (κ1) is 17.6. The average Bonchev–Trinajstić information content (AvgIpc) is 2.46. The van der Waals surface area contributed by atoms with Crippen LogP contribution in [-0.2, 0) is 11.2 Å². The van der Waals surface area contributed by atoms with Gasteiger partial charge in [-0.05, 0) is 24.0 Å². The fourth-order valence-electron chi connectivity index (χ4n) is 2.80. The topological polar surface area (TPSA) is 62.5 Å². The lowest BCUT2D eigenvalue weighted by atomic mass is 9.98. The lowest BCUT2D eigenvalue weighted by Gasteiger charge is -2.34. The second kappa shape index (κ2) is 7.21. The number of aliphatic carboxylic acids is 1. The number of rotatable bonds is 7. The molecule has 1 aliphatic rings. The van der Waals surface area contributed by atoms with Crippen LogP contribution in [0.3, 0.4) is 0 Å². The summed E-state index contributed by atoms with van der Waals surface area (Å²) in [6.07, 6.45) is 1.61. The zero-order valence-corrected chi connectivity index (χ0v) is 13.3. The van der Waals surface area contributed by atoms with Crippen molar-refractivity contribution in [3.05, 3.63) is 34.0 Å². The Kier molecular flexibility index (Phi) is 5.51. The van der Waals surface area contributed by atoms with E-state index in [2.05, 4.69) is 0 Å². The van der Waals surface area contributed by atoms with Crippen molar-refractivity contribution in [2.75, 3.05) is 19.6 Å². The highest BCUT2D eigenvalue weighted by molar-refractivity contribution is 5.72. The molecule has 0 aliphatic carbocycles. The molecule has 0 aromatic carbocycles. The second-order valence-electron chi connectivity index (χ2n) is 6.18. The molecular weight excluding hydrogens is 306 g/mol. The van der Waals surface area contributed by atoms with Crippen LogP contribution in [0.2, 0.25) is 0 Å². The third-order valence-electron chi connectivity index (χ3n) is 4.42. The maximum atomic E-state index is 13.9. The Hall–Kier alpha value is -1.76. The molecule has 0 spiro atoms. The number of pyridine rings is 1. The van der Waals surface area contributed by atoms with Gasteiger partial charge in [0.25, 0.3) is 5.56 Å². The number of aromatic nitrogens is 1. The van der Waals surface area contributed by atoms with Crippen molar-refractivity contribution in [1.29, 1.82) is 0 Å². The smallest absolute Gasteiger partial charge is 0.327 e. The molecule has 1 aliphatic heterocycles. The molecule has 1 unspecified atom stereocenters. The molecule has 5 nitrogen and oxygen atoms in total. The van der Waals surface area contributed by atoms with Crippen LogP contribution in [0.15, 0.2) is 17.1 Å². The molecule has 1 aromatic heterocycles. The van der Waals surface area contributed by atoms with Gasteiger partial charge in [-0.3, -0.25) is 14.3 Å². The largest absolute Gasteiger partial charge is 0.480 e. The maximum Gasteiger partial charge on any atom is 0.327 e. The Morgan fingerprint density at radius 3 is 2.65 bits per heavy atom. The number of carboxylic acids is 1. The van der Waals surface area contributed by atoms with Crippen LogP contribution < -0.4 is 5.56 Å². The molecular formula is C16H22F2N2O3. The summed E-state index contributed by atoms with van der Waals surface area (Å²) in [4.78, 5) is 25.4. The lowest BCUT2D eigenvalue weighted by molar-refractivity contribution is -0.142. The molecule has 1 aromatic rings. The molecule has 0 amide bonds. The van der Waals surface area contributed by atoms with Crippen LogP contribution in [0, 0.1) is 11.7 Å². The van der Waals surface area contributed by atoms with E-state index in [1.807, 2.05) is 11.8 Å². The van der Waals surface area contributed by atoms with E-state index in [0.717, 1.165) is 10.6 Å². The van der Waals surface area contributed by atoms with Gasteiger partial charge in [0.15, 0.2) is 5.82 Å². The summed E-state index contributed by atoms with van der Waals surface area (Å²) >= 11 is 0. The summed E-state index contributed by atoms with van der Waals surface area (Å²) in [5, 5.41) is 9.40. The van der Waals surface area contributed by atoms with Gasteiger partial charge in [-0.25, -0.2) is 13.6 Å². The van der Waals surface area contributed by atoms with E-state index in [-0.39, 0.29) is 5.92 Å². The molecule has 23 heavy (non-hydrogen) atoms. The van der Waals surface area contributed by atoms with Crippen LogP contribution in [0.5, 0.6) is 0 Å². The van der Waals surface area contributed by atoms with E-state index in [1.165, 1.54) is 6.20 Å². The minimum Gasteiger partial charge on any atom is -0.480 e. The van der Waals surface area contributed by atoms with Gasteiger partial charge in [0.05, 0.1) is 0 Å². The molecule has 128 valence electrons. The third kappa shape index (κ3) is 3.96. The fraction of sp³-hybridized carbons (Fsp3) is 0.625. The van der Waals surface area contributed by atoms with Crippen molar-refractivity contribution in [2.45, 2.75) is 38.9 Å². The Morgan fingerprint density at radius 2 is 2.13 bits per heavy atom. The van der Waals surface area contributed by atoms with Crippen LogP contribution >= 0.6 is 0 Å². The van der Waals surface area contributed by atoms with Crippen LogP contribution in [0.1, 0.15) is 31.9 Å². The van der Waals surface area contributed by atoms with E-state index in [9.17, 15) is 23.5 Å². The Bertz CT molecular complexity index is 626. The van der Waals surface area contributed by atoms with Gasteiger partial charge in [-0.2, -0.15) is 0 Å². The van der Waals surface area contributed by atoms with E-state index in [4.69, 9.17) is 0 Å². The molecule has 0 saturated carbocycles. The molecule has 1 N–H and O–H groups in total. The molecule has 0 radical (unpaired) electrons. The number of carbonyl (C=O) groups is 1. The second-order valence-corrected chi connectivity index (χ2v) is 6.18. The first-order valence-corrected chi connectivity index (χ1v) is 7.83. The summed E-state index contributed by atoms with van der Waals surface area (Å²) in [5.41, 5.74) is -0.381. The fourth-order valence-corrected chi connectivity index (χ4v) is 2.80. The zero-order valence-electron chi connectivity index (χ0n) is 13.3. The molecule has 7 heteroatoms. The molecule has 0 bridgehead atoms. The monoisotopic (exact) mass is 328 g/mol. The van der Waals surface area contributed by atoms with Gasteiger partial charge in [0.1, 0.15) is 12.2 Å². The summed E-state index contributed by atoms with van der Waals surface area (Å²) in [6, 6.07) is 0.0438. The Balaban J connectivity index is 2.24. The number of likely N-dealkylation sites (tertiary alicyclic amines) is 1. The van der Waals surface area contributed by atoms with E-state index < -0.39 is 29.6 Å². The van der Waals surface area contributed by atoms with Crippen molar-refractivity contribution in [2.24, 2.45) is 5.92 Å². The highest BCUT2D eigenvalue weighted by Gasteiger charge is 2.28. The van der Waals surface area contributed by atoms with Gasteiger partial charge >= 0.3 is 5.97 Å². The van der Waals surface area contributed by atoms with Gasteiger partial charge in [-0.1, -0.05) is 20.3 Å². The Labute approximate surface area is 133 Å². The first-order valence-electron chi connectivity index (χ1n) is 7.83. The quantitative estimate of drug-likeness (QED) is 0.830. The molecule has 2 rings (SSSR count). The van der Waals surface area contributed by atoms with Gasteiger partial charge < -0.3 is 5.11 Å². The first-order chi connectivity index (χ1) is 10.8. The van der Waals surface area contributed by atoms with E-state index in [0.29, 0.717) is 38.0 Å². The zero-order chi connectivity index (χ0) is 17.1. The highest BCUT2D eigenvalue weighted by atomic mass is 19.1. The lowest BCUT2D eigenvalue weighted by Crippen LogP contribution is -2.49. The van der Waals surface area contributed by atoms with E-state index in [1.54, 1.807) is 6.92 Å². The number of nitrogens with zero attached hydrogens (tertiary/aromatic N) is 2. The molecule has 1 saturated heterocycles. The van der Waals surface area contributed by atoms with E-state index >= 15 is 0 Å². The number of hydrogen-bond acceptors (Lipinski definition) is 3. The normalized spacial score (nSPS) is 18.4. The minimum atomic E-state index is -1.15. The summed E-state index contributed by atoms with van der Waals surface area (Å²) < 4.78 is 27.7. The standard InChI is InChI=1S/C16H22F2N2O3/c1-3-10(2)14(16(22)23)20-7-11(6-13(18)15(20)21)4-5-19-8-12(17)9-19/h6-7,10,12,14H,3-5,8-9H2,1-2H3,(H,22,23)/t10-,14?/m1/s1. The van der Waals surface area contributed by atoms with Crippen molar-refractivity contribution in [3.8, 4) is 0 Å². The van der Waals surface area contributed by atoms with Gasteiger partial charge in [0, 0.05) is 25.8 Å². The minimum absolute atomic E-state index is 0.303. The average molecular weight is 328 g/mol. The maximum absolute atomic E-state index is 13.9. The summed E-state index contributed by atoms with van der Waals surface area (Å²) in [5.74, 6) is -2.41. The third-order valence-corrected chi connectivity index (χ3v) is 4.42. The summed E-state index contributed by atoms with van der Waals surface area (Å²) in [6.45, 7) is 4.83. The predicted octanol–water partition coefficient (Wildman–Crippen LogP) is 1.86. The van der Waals surface area contributed by atoms with Gasteiger partial charge in [0.2, 0.25) is 0 Å². The van der Waals surface area contributed by atoms with Crippen LogP contribution in [0.4, 0.5) is 8.78 Å². The number of hydrogen-bond donors (Lipinski definition) is 1. The number of carboxylic acid groups (broad SMARTS) is 1. The number of alkyl halides is 1. The summed E-state index contributed by atoms with van der Waals surface area (Å²) in [7, 11) is 0. The SMILES string of the molecule is CC[C@@H](C)C(C(=O)O)n1cc(CCN2CC(F)C2)cc(F)c1=O. The van der Waals surface area contributed by atoms with Crippen molar-refractivity contribution in [1.82, 2.24) is 9.47 Å². The predicted molar refractivity (Wildman–Crippen MR) is 81.8 cm³/mol. The highest BCUT2D eigenvalue weighted by Crippen LogP contribution is 2.21. The number of halogens is 2. The Morgan fingerprint density at radius 1 is 1.48 bits per heavy atom. The molecule has 2 atom stereocenters.